The van der Waals surface area contributed by atoms with E-state index in [0.717, 1.165) is 60.8 Å². The highest BCUT2D eigenvalue weighted by Gasteiger charge is 2.25. The number of morpholine rings is 1. The molecule has 1 saturated heterocycles. The smallest absolute Gasteiger partial charge is 0.278 e. The molecule has 0 bridgehead atoms. The van der Waals surface area contributed by atoms with Gasteiger partial charge >= 0.3 is 0 Å². The van der Waals surface area contributed by atoms with Crippen molar-refractivity contribution in [1.82, 2.24) is 19.7 Å². The summed E-state index contributed by atoms with van der Waals surface area (Å²) in [5.41, 5.74) is 2.51. The maximum absolute atomic E-state index is 13.6. The molecular weight excluding hydrogens is 414 g/mol. The van der Waals surface area contributed by atoms with Gasteiger partial charge in [-0.2, -0.15) is 5.10 Å². The van der Waals surface area contributed by atoms with Gasteiger partial charge in [0.1, 0.15) is 17.0 Å². The minimum atomic E-state index is -0.0722. The Balaban J connectivity index is 1.63. The van der Waals surface area contributed by atoms with Crippen molar-refractivity contribution in [3.63, 3.8) is 0 Å². The molecule has 1 aromatic carbocycles. The summed E-state index contributed by atoms with van der Waals surface area (Å²) in [7, 11) is 1.65. The van der Waals surface area contributed by atoms with Crippen LogP contribution in [0, 0.1) is 6.92 Å². The molecule has 31 heavy (non-hydrogen) atoms. The number of fused-ring (bicyclic) bond motifs is 1. The Hall–Kier alpha value is -2.49. The number of methoxy groups -OCH3 is 1. The zero-order chi connectivity index (χ0) is 21.8. The van der Waals surface area contributed by atoms with Crippen LogP contribution in [-0.4, -0.2) is 72.1 Å². The molecule has 3 aromatic rings. The molecule has 0 unspecified atom stereocenters. The fourth-order valence-electron chi connectivity index (χ4n) is 3.84. The molecule has 0 spiro atoms. The van der Waals surface area contributed by atoms with Crippen molar-refractivity contribution >= 4 is 32.6 Å². The molecule has 9 heteroatoms. The molecule has 166 valence electrons. The van der Waals surface area contributed by atoms with Gasteiger partial charge in [0.15, 0.2) is 5.13 Å². The number of rotatable bonds is 8. The summed E-state index contributed by atoms with van der Waals surface area (Å²) < 4.78 is 13.7. The third kappa shape index (κ3) is 4.58. The molecule has 0 N–H and O–H groups in total. The minimum Gasteiger partial charge on any atom is -0.494 e. The summed E-state index contributed by atoms with van der Waals surface area (Å²) in [4.78, 5) is 22.6. The van der Waals surface area contributed by atoms with Gasteiger partial charge in [0.2, 0.25) is 0 Å². The summed E-state index contributed by atoms with van der Waals surface area (Å²) in [6.45, 7) is 9.62. The number of nitrogens with zero attached hydrogens (tertiary/aromatic N) is 5. The SMILES string of the molecule is CCn1nccc1C(=O)N(CCCN1CCOCC1)c1nc2c(OC)ccc(C)c2s1. The Labute approximate surface area is 186 Å². The molecular formula is C22H29N5O3S. The highest BCUT2D eigenvalue weighted by atomic mass is 32.1. The van der Waals surface area contributed by atoms with E-state index < -0.39 is 0 Å². The molecule has 8 nitrogen and oxygen atoms in total. The van der Waals surface area contributed by atoms with E-state index in [1.165, 1.54) is 11.3 Å². The van der Waals surface area contributed by atoms with Crippen molar-refractivity contribution in [2.75, 3.05) is 51.4 Å². The Kier molecular flexibility index (Phi) is 6.84. The van der Waals surface area contributed by atoms with Crippen molar-refractivity contribution in [3.05, 3.63) is 35.7 Å². The number of aromatic nitrogens is 3. The van der Waals surface area contributed by atoms with E-state index in [4.69, 9.17) is 14.5 Å². The van der Waals surface area contributed by atoms with Crippen LogP contribution in [0.3, 0.4) is 0 Å². The average molecular weight is 444 g/mol. The number of thiazole rings is 1. The lowest BCUT2D eigenvalue weighted by Crippen LogP contribution is -2.39. The highest BCUT2D eigenvalue weighted by Crippen LogP contribution is 2.36. The maximum atomic E-state index is 13.6. The average Bonchev–Trinajstić information content (AvgIpc) is 3.45. The van der Waals surface area contributed by atoms with Crippen LogP contribution >= 0.6 is 11.3 Å². The standard InChI is InChI=1S/C22H29N5O3S/c1-4-27-17(8-9-23-27)21(28)26(11-5-10-25-12-14-30-15-13-25)22-24-19-18(29-3)7-6-16(2)20(19)31-22/h6-9H,4-5,10-15H2,1-3H3. The van der Waals surface area contributed by atoms with Gasteiger partial charge in [0.25, 0.3) is 5.91 Å². The van der Waals surface area contributed by atoms with Crippen LogP contribution in [0.5, 0.6) is 5.75 Å². The van der Waals surface area contributed by atoms with Crippen LogP contribution in [0.2, 0.25) is 0 Å². The van der Waals surface area contributed by atoms with Gasteiger partial charge in [0.05, 0.1) is 25.0 Å². The Morgan fingerprint density at radius 2 is 2.10 bits per heavy atom. The van der Waals surface area contributed by atoms with Crippen LogP contribution in [-0.2, 0) is 11.3 Å². The number of amides is 1. The van der Waals surface area contributed by atoms with Crippen LogP contribution in [0.4, 0.5) is 5.13 Å². The van der Waals surface area contributed by atoms with Gasteiger partial charge in [-0.25, -0.2) is 4.98 Å². The summed E-state index contributed by atoms with van der Waals surface area (Å²) in [5.74, 6) is 0.652. The van der Waals surface area contributed by atoms with Gasteiger partial charge in [-0.1, -0.05) is 17.4 Å². The van der Waals surface area contributed by atoms with Crippen LogP contribution < -0.4 is 9.64 Å². The van der Waals surface area contributed by atoms with E-state index >= 15 is 0 Å². The number of aryl methyl sites for hydroxylation is 2. The van der Waals surface area contributed by atoms with Gasteiger partial charge < -0.3 is 9.47 Å². The zero-order valence-electron chi connectivity index (χ0n) is 18.3. The second-order valence-corrected chi connectivity index (χ2v) is 8.53. The first-order valence-corrected chi connectivity index (χ1v) is 11.5. The van der Waals surface area contributed by atoms with E-state index in [9.17, 15) is 4.79 Å². The van der Waals surface area contributed by atoms with E-state index in [1.54, 1.807) is 29.0 Å². The first kappa shape index (κ1) is 21.7. The summed E-state index contributed by atoms with van der Waals surface area (Å²) in [6.07, 6.45) is 2.53. The van der Waals surface area contributed by atoms with E-state index in [2.05, 4.69) is 16.9 Å². The third-order valence-electron chi connectivity index (χ3n) is 5.58. The van der Waals surface area contributed by atoms with E-state index in [1.807, 2.05) is 19.1 Å². The first-order valence-electron chi connectivity index (χ1n) is 10.7. The molecule has 0 saturated carbocycles. The highest BCUT2D eigenvalue weighted by molar-refractivity contribution is 7.22. The number of benzene rings is 1. The van der Waals surface area contributed by atoms with Crippen molar-refractivity contribution in [2.24, 2.45) is 0 Å². The molecule has 1 aliphatic heterocycles. The molecule has 1 aliphatic rings. The molecule has 1 fully saturated rings. The predicted octanol–water partition coefficient (Wildman–Crippen LogP) is 3.20. The van der Waals surface area contributed by atoms with Crippen LogP contribution in [0.15, 0.2) is 24.4 Å². The Morgan fingerprint density at radius 1 is 1.29 bits per heavy atom. The second-order valence-electron chi connectivity index (χ2n) is 7.56. The Morgan fingerprint density at radius 3 is 2.84 bits per heavy atom. The maximum Gasteiger partial charge on any atom is 0.278 e. The summed E-state index contributed by atoms with van der Waals surface area (Å²) >= 11 is 1.54. The molecule has 4 rings (SSSR count). The molecule has 1 amide bonds. The third-order valence-corrected chi connectivity index (χ3v) is 6.80. The molecule has 0 atom stereocenters. The lowest BCUT2D eigenvalue weighted by atomic mass is 10.2. The van der Waals surface area contributed by atoms with Crippen molar-refractivity contribution in [1.29, 1.82) is 0 Å². The van der Waals surface area contributed by atoms with Gasteiger partial charge in [-0.3, -0.25) is 19.3 Å². The minimum absolute atomic E-state index is 0.0722. The van der Waals surface area contributed by atoms with Crippen LogP contribution in [0.1, 0.15) is 29.4 Å². The van der Waals surface area contributed by atoms with Gasteiger partial charge in [0, 0.05) is 38.9 Å². The van der Waals surface area contributed by atoms with Crippen LogP contribution in [0.25, 0.3) is 10.2 Å². The fraction of sp³-hybridized carbons (Fsp3) is 0.500. The van der Waals surface area contributed by atoms with E-state index in [0.29, 0.717) is 23.9 Å². The molecule has 0 radical (unpaired) electrons. The number of hydrogen-bond donors (Lipinski definition) is 0. The number of anilines is 1. The normalized spacial score (nSPS) is 14.8. The fourth-order valence-corrected chi connectivity index (χ4v) is 4.92. The zero-order valence-corrected chi connectivity index (χ0v) is 19.2. The second kappa shape index (κ2) is 9.76. The largest absolute Gasteiger partial charge is 0.494 e. The lowest BCUT2D eigenvalue weighted by Gasteiger charge is -2.27. The quantitative estimate of drug-likeness (QED) is 0.532. The molecule has 3 heterocycles. The lowest BCUT2D eigenvalue weighted by molar-refractivity contribution is 0.0376. The van der Waals surface area contributed by atoms with Crippen molar-refractivity contribution in [3.8, 4) is 5.75 Å². The molecule has 0 aliphatic carbocycles. The number of carbonyl (C=O) groups is 1. The molecule has 2 aromatic heterocycles. The number of hydrogen-bond acceptors (Lipinski definition) is 7. The monoisotopic (exact) mass is 443 g/mol. The van der Waals surface area contributed by atoms with E-state index in [-0.39, 0.29) is 5.91 Å². The first-order chi connectivity index (χ1) is 15.1. The topological polar surface area (TPSA) is 72.7 Å². The van der Waals surface area contributed by atoms with Crippen molar-refractivity contribution in [2.45, 2.75) is 26.8 Å². The summed E-state index contributed by atoms with van der Waals surface area (Å²) in [6, 6.07) is 5.73. The number of ether oxygens (including phenoxy) is 2. The number of carbonyl (C=O) groups excluding carboxylic acids is 1. The Bertz CT molecular complexity index is 1040. The van der Waals surface area contributed by atoms with Gasteiger partial charge in [-0.15, -0.1) is 0 Å². The predicted molar refractivity (Wildman–Crippen MR) is 122 cm³/mol. The van der Waals surface area contributed by atoms with Gasteiger partial charge in [-0.05, 0) is 38.0 Å². The van der Waals surface area contributed by atoms with Crippen molar-refractivity contribution < 1.29 is 14.3 Å². The summed E-state index contributed by atoms with van der Waals surface area (Å²) in [5, 5.41) is 4.97.